The summed E-state index contributed by atoms with van der Waals surface area (Å²) in [4.78, 5) is 0.611. The lowest BCUT2D eigenvalue weighted by Crippen LogP contribution is -2.33. The molecule has 0 aromatic heterocycles. The third-order valence-corrected chi connectivity index (χ3v) is 6.32. The van der Waals surface area contributed by atoms with E-state index in [0.29, 0.717) is 4.87 Å². The Morgan fingerprint density at radius 2 is 2.36 bits per heavy atom. The molecule has 0 bridgehead atoms. The second kappa shape index (κ2) is 5.22. The zero-order valence-corrected chi connectivity index (χ0v) is 9.30. The predicted molar refractivity (Wildman–Crippen MR) is 54.8 cm³/mol. The zero-order chi connectivity index (χ0) is 8.10. The molecule has 0 amide bonds. The molecule has 11 heavy (non-hydrogen) atoms. The van der Waals surface area contributed by atoms with Crippen molar-refractivity contribution in [1.82, 2.24) is 0 Å². The Hall–Kier alpha value is 0.527. The van der Waals surface area contributed by atoms with Crippen LogP contribution in [-0.4, -0.2) is 20.5 Å². The van der Waals surface area contributed by atoms with Crippen molar-refractivity contribution in [3.05, 3.63) is 0 Å². The summed E-state index contributed by atoms with van der Waals surface area (Å²) in [5.74, 6) is 0. The van der Waals surface area contributed by atoms with Crippen LogP contribution in [0.4, 0.5) is 0 Å². The molecule has 1 nitrogen and oxygen atoms in total. The summed E-state index contributed by atoms with van der Waals surface area (Å²) in [5.41, 5.74) is 0. The first-order valence-electron chi connectivity index (χ1n) is 4.64. The second-order valence-electron chi connectivity index (χ2n) is 3.26. The van der Waals surface area contributed by atoms with Gasteiger partial charge in [-0.2, -0.15) is 12.6 Å². The van der Waals surface area contributed by atoms with Gasteiger partial charge in [0, 0.05) is 11.5 Å². The Bertz CT molecular complexity index is 104. The number of hydrogen-bond donors (Lipinski definition) is 1. The van der Waals surface area contributed by atoms with Crippen LogP contribution < -0.4 is 0 Å². The highest BCUT2D eigenvalue weighted by Crippen LogP contribution is 2.19. The van der Waals surface area contributed by atoms with E-state index < -0.39 is 9.04 Å². The fourth-order valence-corrected chi connectivity index (χ4v) is 5.15. The monoisotopic (exact) mass is 190 g/mol. The molecular formula is C8H18OSSi. The third-order valence-electron chi connectivity index (χ3n) is 2.23. The first kappa shape index (κ1) is 9.61. The summed E-state index contributed by atoms with van der Waals surface area (Å²) in [6.45, 7) is 3.23. The van der Waals surface area contributed by atoms with Gasteiger partial charge < -0.3 is 4.43 Å². The van der Waals surface area contributed by atoms with Crippen molar-refractivity contribution in [2.75, 3.05) is 6.61 Å². The van der Waals surface area contributed by atoms with Gasteiger partial charge >= 0.3 is 0 Å². The van der Waals surface area contributed by atoms with Crippen LogP contribution in [0.1, 0.15) is 32.6 Å². The van der Waals surface area contributed by atoms with E-state index in [1.54, 1.807) is 0 Å². The van der Waals surface area contributed by atoms with Gasteiger partial charge in [0.2, 0.25) is 0 Å². The quantitative estimate of drug-likeness (QED) is 0.530. The zero-order valence-electron chi connectivity index (χ0n) is 7.25. The molecule has 1 aliphatic rings. The molecule has 0 aromatic rings. The highest BCUT2D eigenvalue weighted by atomic mass is 32.1. The van der Waals surface area contributed by atoms with Crippen LogP contribution >= 0.6 is 12.6 Å². The van der Waals surface area contributed by atoms with E-state index in [1.165, 1.54) is 31.7 Å². The standard InChI is InChI=1S/C8H18OSSi/c1-2-5-8(10)11-7-4-3-6-9-11/h8,10-11H,2-7H2,1H3. The van der Waals surface area contributed by atoms with E-state index in [-0.39, 0.29) is 0 Å². The van der Waals surface area contributed by atoms with Crippen LogP contribution in [0.2, 0.25) is 6.04 Å². The highest BCUT2D eigenvalue weighted by Gasteiger charge is 2.22. The Kier molecular flexibility index (Phi) is 4.56. The van der Waals surface area contributed by atoms with Gasteiger partial charge in [-0.1, -0.05) is 19.8 Å². The molecule has 3 heteroatoms. The van der Waals surface area contributed by atoms with Gasteiger partial charge in [0.25, 0.3) is 0 Å². The van der Waals surface area contributed by atoms with Gasteiger partial charge in [-0.25, -0.2) is 0 Å². The molecule has 1 fully saturated rings. The third kappa shape index (κ3) is 3.17. The normalized spacial score (nSPS) is 28.4. The minimum Gasteiger partial charge on any atom is -0.419 e. The van der Waals surface area contributed by atoms with Crippen LogP contribution in [-0.2, 0) is 4.43 Å². The Morgan fingerprint density at radius 3 is 2.91 bits per heavy atom. The summed E-state index contributed by atoms with van der Waals surface area (Å²) in [6.07, 6.45) is 5.16. The number of rotatable bonds is 3. The molecule has 2 atom stereocenters. The van der Waals surface area contributed by atoms with Crippen LogP contribution in [0.5, 0.6) is 0 Å². The average Bonchev–Trinajstić information content (AvgIpc) is 2.07. The second-order valence-corrected chi connectivity index (χ2v) is 7.28. The Morgan fingerprint density at radius 1 is 1.55 bits per heavy atom. The summed E-state index contributed by atoms with van der Waals surface area (Å²) >= 11 is 4.59. The van der Waals surface area contributed by atoms with Gasteiger partial charge in [0.05, 0.1) is 0 Å². The van der Waals surface area contributed by atoms with E-state index in [9.17, 15) is 0 Å². The lowest BCUT2D eigenvalue weighted by molar-refractivity contribution is 0.284. The fourth-order valence-electron chi connectivity index (χ4n) is 1.55. The molecule has 0 radical (unpaired) electrons. The Balaban J connectivity index is 2.21. The van der Waals surface area contributed by atoms with E-state index in [0.717, 1.165) is 6.61 Å². The molecule has 0 aliphatic carbocycles. The lowest BCUT2D eigenvalue weighted by atomic mass is 10.4. The Labute approximate surface area is 76.7 Å². The van der Waals surface area contributed by atoms with Crippen LogP contribution in [0, 0.1) is 0 Å². The summed E-state index contributed by atoms with van der Waals surface area (Å²) in [5, 5.41) is 0. The van der Waals surface area contributed by atoms with Crippen LogP contribution in [0.15, 0.2) is 0 Å². The van der Waals surface area contributed by atoms with Crippen molar-refractivity contribution in [2.45, 2.75) is 43.5 Å². The van der Waals surface area contributed by atoms with Gasteiger partial charge in [0.1, 0.15) is 0 Å². The molecule has 66 valence electrons. The molecule has 0 N–H and O–H groups in total. The smallest absolute Gasteiger partial charge is 0.189 e. The van der Waals surface area contributed by atoms with Crippen molar-refractivity contribution in [3.63, 3.8) is 0 Å². The topological polar surface area (TPSA) is 9.23 Å². The van der Waals surface area contributed by atoms with Crippen molar-refractivity contribution in [3.8, 4) is 0 Å². The first-order chi connectivity index (χ1) is 5.34. The summed E-state index contributed by atoms with van der Waals surface area (Å²) < 4.78 is 5.75. The predicted octanol–water partition coefficient (Wildman–Crippen LogP) is 2.16. The molecule has 1 rings (SSSR count). The molecule has 1 saturated heterocycles. The lowest BCUT2D eigenvalue weighted by Gasteiger charge is -2.25. The van der Waals surface area contributed by atoms with E-state index >= 15 is 0 Å². The largest absolute Gasteiger partial charge is 0.419 e. The van der Waals surface area contributed by atoms with Gasteiger partial charge in [-0.05, 0) is 18.9 Å². The molecule has 1 aliphatic heterocycles. The maximum atomic E-state index is 5.75. The van der Waals surface area contributed by atoms with E-state index in [1.807, 2.05) is 0 Å². The van der Waals surface area contributed by atoms with E-state index in [4.69, 9.17) is 4.43 Å². The molecule has 0 saturated carbocycles. The van der Waals surface area contributed by atoms with Crippen molar-refractivity contribution in [2.24, 2.45) is 0 Å². The van der Waals surface area contributed by atoms with Crippen molar-refractivity contribution < 1.29 is 4.43 Å². The van der Waals surface area contributed by atoms with Crippen molar-refractivity contribution in [1.29, 1.82) is 0 Å². The highest BCUT2D eigenvalue weighted by molar-refractivity contribution is 7.82. The number of hydrogen-bond acceptors (Lipinski definition) is 2. The molecular weight excluding hydrogens is 172 g/mol. The minimum absolute atomic E-state index is 0.611. The van der Waals surface area contributed by atoms with Gasteiger partial charge in [-0.3, -0.25) is 0 Å². The van der Waals surface area contributed by atoms with Crippen LogP contribution in [0.25, 0.3) is 0 Å². The molecule has 0 aromatic carbocycles. The van der Waals surface area contributed by atoms with Gasteiger partial charge in [0.15, 0.2) is 9.04 Å². The summed E-state index contributed by atoms with van der Waals surface area (Å²) in [7, 11) is -0.874. The average molecular weight is 190 g/mol. The minimum atomic E-state index is -0.874. The number of thiol groups is 1. The maximum absolute atomic E-state index is 5.75. The van der Waals surface area contributed by atoms with Crippen molar-refractivity contribution >= 4 is 21.7 Å². The maximum Gasteiger partial charge on any atom is 0.189 e. The SMILES string of the molecule is CCCC(S)[SiH]1CCCCO1. The molecule has 1 heterocycles. The van der Waals surface area contributed by atoms with Gasteiger partial charge in [-0.15, -0.1) is 0 Å². The molecule has 0 spiro atoms. The first-order valence-corrected chi connectivity index (χ1v) is 7.11. The van der Waals surface area contributed by atoms with E-state index in [2.05, 4.69) is 19.6 Å². The fraction of sp³-hybridized carbons (Fsp3) is 1.00. The van der Waals surface area contributed by atoms with Crippen LogP contribution in [0.3, 0.4) is 0 Å². The summed E-state index contributed by atoms with van der Waals surface area (Å²) in [6, 6.07) is 1.36. The molecule has 2 unspecified atom stereocenters.